The highest BCUT2D eigenvalue weighted by molar-refractivity contribution is 5.88. The van der Waals surface area contributed by atoms with Crippen molar-refractivity contribution in [3.05, 3.63) is 0 Å². The SMILES string of the molecule is O=C([O-])C(F)(F)C(F)(F)C(=O)OC1CCCC1. The van der Waals surface area contributed by atoms with Crippen molar-refractivity contribution in [1.82, 2.24) is 0 Å². The van der Waals surface area contributed by atoms with E-state index in [1.807, 2.05) is 0 Å². The first-order valence-electron chi connectivity index (χ1n) is 4.87. The molecule has 1 aliphatic rings. The van der Waals surface area contributed by atoms with Crippen LogP contribution in [0.4, 0.5) is 17.6 Å². The Labute approximate surface area is 93.5 Å². The van der Waals surface area contributed by atoms with Crippen molar-refractivity contribution >= 4 is 11.9 Å². The Kier molecular flexibility index (Phi) is 3.63. The number of ether oxygens (including phenoxy) is 1. The molecule has 1 saturated carbocycles. The number of carbonyl (C=O) groups is 2. The molecule has 0 atom stereocenters. The summed E-state index contributed by atoms with van der Waals surface area (Å²) in [4.78, 5) is 20.7. The number of esters is 1. The van der Waals surface area contributed by atoms with E-state index in [0.29, 0.717) is 25.7 Å². The zero-order valence-corrected chi connectivity index (χ0v) is 8.55. The lowest BCUT2D eigenvalue weighted by atomic mass is 10.1. The van der Waals surface area contributed by atoms with Crippen LogP contribution in [0, 0.1) is 0 Å². The number of aliphatic carboxylic acids is 1. The summed E-state index contributed by atoms with van der Waals surface area (Å²) < 4.78 is 54.9. The average Bonchev–Trinajstić information content (AvgIpc) is 2.69. The van der Waals surface area contributed by atoms with Crippen LogP contribution in [0.1, 0.15) is 25.7 Å². The summed E-state index contributed by atoms with van der Waals surface area (Å²) in [7, 11) is 0. The van der Waals surface area contributed by atoms with Gasteiger partial charge >= 0.3 is 17.8 Å². The van der Waals surface area contributed by atoms with Crippen molar-refractivity contribution in [2.45, 2.75) is 43.6 Å². The molecule has 98 valence electrons. The van der Waals surface area contributed by atoms with Gasteiger partial charge in [-0.25, -0.2) is 4.79 Å². The lowest BCUT2D eigenvalue weighted by molar-refractivity contribution is -0.346. The molecule has 0 saturated heterocycles. The fourth-order valence-electron chi connectivity index (χ4n) is 1.49. The zero-order valence-electron chi connectivity index (χ0n) is 8.55. The molecular weight excluding hydrogens is 248 g/mol. The van der Waals surface area contributed by atoms with Crippen LogP contribution in [0.5, 0.6) is 0 Å². The van der Waals surface area contributed by atoms with Crippen LogP contribution in [-0.2, 0) is 14.3 Å². The number of hydrogen-bond donors (Lipinski definition) is 0. The van der Waals surface area contributed by atoms with Crippen LogP contribution < -0.4 is 5.11 Å². The summed E-state index contributed by atoms with van der Waals surface area (Å²) >= 11 is 0. The van der Waals surface area contributed by atoms with Crippen LogP contribution in [0.25, 0.3) is 0 Å². The first-order valence-corrected chi connectivity index (χ1v) is 4.87. The van der Waals surface area contributed by atoms with E-state index in [-0.39, 0.29) is 0 Å². The summed E-state index contributed by atoms with van der Waals surface area (Å²) in [6.07, 6.45) is 1.03. The number of halogens is 4. The van der Waals surface area contributed by atoms with E-state index in [2.05, 4.69) is 4.74 Å². The van der Waals surface area contributed by atoms with E-state index in [4.69, 9.17) is 0 Å². The second-order valence-electron chi connectivity index (χ2n) is 3.75. The third kappa shape index (κ3) is 2.50. The van der Waals surface area contributed by atoms with Gasteiger partial charge in [0.1, 0.15) is 12.1 Å². The maximum absolute atomic E-state index is 12.9. The summed E-state index contributed by atoms with van der Waals surface area (Å²) in [6, 6.07) is 0. The zero-order chi connectivity index (χ0) is 13.3. The first-order chi connectivity index (χ1) is 7.69. The summed E-state index contributed by atoms with van der Waals surface area (Å²) in [6.45, 7) is 0. The molecule has 1 fully saturated rings. The molecule has 0 N–H and O–H groups in total. The third-order valence-corrected chi connectivity index (χ3v) is 2.48. The molecule has 0 spiro atoms. The fraction of sp³-hybridized carbons (Fsp3) is 0.778. The Hall–Kier alpha value is -1.34. The number of rotatable bonds is 4. The van der Waals surface area contributed by atoms with Gasteiger partial charge in [-0.3, -0.25) is 0 Å². The molecule has 8 heteroatoms. The van der Waals surface area contributed by atoms with E-state index in [0.717, 1.165) is 0 Å². The number of carboxylic acids is 1. The topological polar surface area (TPSA) is 66.4 Å². The monoisotopic (exact) mass is 257 g/mol. The molecule has 0 unspecified atom stereocenters. The van der Waals surface area contributed by atoms with Gasteiger partial charge in [0.05, 0.1) is 0 Å². The van der Waals surface area contributed by atoms with Crippen molar-refractivity contribution in [2.24, 2.45) is 0 Å². The predicted octanol–water partition coefficient (Wildman–Crippen LogP) is 0.493. The Morgan fingerprint density at radius 1 is 1.06 bits per heavy atom. The highest BCUT2D eigenvalue weighted by atomic mass is 19.3. The van der Waals surface area contributed by atoms with Crippen molar-refractivity contribution in [2.75, 3.05) is 0 Å². The van der Waals surface area contributed by atoms with E-state index >= 15 is 0 Å². The Balaban J connectivity index is 2.75. The summed E-state index contributed by atoms with van der Waals surface area (Å²) in [5, 5.41) is 9.86. The molecule has 0 aromatic heterocycles. The molecular formula is C9H9F4O4-. The van der Waals surface area contributed by atoms with Crippen LogP contribution in [0.3, 0.4) is 0 Å². The van der Waals surface area contributed by atoms with Gasteiger partial charge in [-0.15, -0.1) is 0 Å². The smallest absolute Gasteiger partial charge is 0.410 e. The van der Waals surface area contributed by atoms with Crippen LogP contribution >= 0.6 is 0 Å². The molecule has 0 radical (unpaired) electrons. The summed E-state index contributed by atoms with van der Waals surface area (Å²) in [5.74, 6) is -16.8. The van der Waals surface area contributed by atoms with Gasteiger partial charge < -0.3 is 14.6 Å². The molecule has 0 aromatic rings. The lowest BCUT2D eigenvalue weighted by Gasteiger charge is -2.26. The molecule has 0 bridgehead atoms. The maximum atomic E-state index is 12.9. The Morgan fingerprint density at radius 2 is 1.53 bits per heavy atom. The van der Waals surface area contributed by atoms with Crippen LogP contribution in [0.15, 0.2) is 0 Å². The van der Waals surface area contributed by atoms with Gasteiger partial charge in [0.25, 0.3) is 0 Å². The fourth-order valence-corrected chi connectivity index (χ4v) is 1.49. The summed E-state index contributed by atoms with van der Waals surface area (Å²) in [5.41, 5.74) is 0. The number of alkyl halides is 4. The Morgan fingerprint density at radius 3 is 1.94 bits per heavy atom. The standard InChI is InChI=1S/C9H10F4O4/c10-8(11,6(14)15)9(12,13)7(16)17-5-3-1-2-4-5/h5H,1-4H2,(H,14,15)/p-1. The third-order valence-electron chi connectivity index (χ3n) is 2.48. The quantitative estimate of drug-likeness (QED) is 0.543. The number of hydrogen-bond acceptors (Lipinski definition) is 4. The maximum Gasteiger partial charge on any atom is 0.410 e. The number of carbonyl (C=O) groups excluding carboxylic acids is 2. The first kappa shape index (κ1) is 13.7. The minimum Gasteiger partial charge on any atom is -0.544 e. The predicted molar refractivity (Wildman–Crippen MR) is 43.2 cm³/mol. The molecule has 0 aliphatic heterocycles. The van der Waals surface area contributed by atoms with Gasteiger partial charge in [-0.05, 0) is 25.7 Å². The molecule has 4 nitrogen and oxygen atoms in total. The second-order valence-corrected chi connectivity index (χ2v) is 3.75. The molecule has 1 rings (SSSR count). The highest BCUT2D eigenvalue weighted by Crippen LogP contribution is 2.36. The normalized spacial score (nSPS) is 18.1. The molecule has 17 heavy (non-hydrogen) atoms. The van der Waals surface area contributed by atoms with E-state index in [1.54, 1.807) is 0 Å². The molecule has 0 heterocycles. The molecule has 0 aromatic carbocycles. The van der Waals surface area contributed by atoms with Gasteiger partial charge in [-0.2, -0.15) is 17.6 Å². The van der Waals surface area contributed by atoms with Gasteiger partial charge in [0.2, 0.25) is 0 Å². The minimum absolute atomic E-state index is 0.304. The van der Waals surface area contributed by atoms with E-state index < -0.39 is 29.9 Å². The van der Waals surface area contributed by atoms with E-state index in [9.17, 15) is 32.3 Å². The minimum atomic E-state index is -5.58. The average molecular weight is 257 g/mol. The second kappa shape index (κ2) is 4.50. The van der Waals surface area contributed by atoms with Crippen LogP contribution in [0.2, 0.25) is 0 Å². The Bertz CT molecular complexity index is 323. The van der Waals surface area contributed by atoms with Crippen molar-refractivity contribution in [3.8, 4) is 0 Å². The van der Waals surface area contributed by atoms with Crippen molar-refractivity contribution in [1.29, 1.82) is 0 Å². The number of carboxylic acid groups (broad SMARTS) is 1. The van der Waals surface area contributed by atoms with Crippen molar-refractivity contribution in [3.63, 3.8) is 0 Å². The van der Waals surface area contributed by atoms with E-state index in [1.165, 1.54) is 0 Å². The molecule has 0 amide bonds. The van der Waals surface area contributed by atoms with Crippen LogP contribution in [-0.4, -0.2) is 29.9 Å². The molecule has 1 aliphatic carbocycles. The van der Waals surface area contributed by atoms with Gasteiger partial charge in [-0.1, -0.05) is 0 Å². The lowest BCUT2D eigenvalue weighted by Crippen LogP contribution is -2.58. The van der Waals surface area contributed by atoms with Crippen molar-refractivity contribution < 1.29 is 37.0 Å². The van der Waals surface area contributed by atoms with Gasteiger partial charge in [0, 0.05) is 0 Å². The highest BCUT2D eigenvalue weighted by Gasteiger charge is 2.64. The van der Waals surface area contributed by atoms with Gasteiger partial charge in [0.15, 0.2) is 0 Å². The largest absolute Gasteiger partial charge is 0.544 e.